The van der Waals surface area contributed by atoms with E-state index >= 15 is 0 Å². The van der Waals surface area contributed by atoms with Gasteiger partial charge in [0.1, 0.15) is 12.1 Å². The number of benzene rings is 2. The third kappa shape index (κ3) is 3.11. The highest BCUT2D eigenvalue weighted by Crippen LogP contribution is 2.34. The van der Waals surface area contributed by atoms with Gasteiger partial charge in [0.15, 0.2) is 11.5 Å². The summed E-state index contributed by atoms with van der Waals surface area (Å²) in [5.41, 5.74) is -0.212. The van der Waals surface area contributed by atoms with Gasteiger partial charge in [0.2, 0.25) is 12.7 Å². The molecule has 2 heterocycles. The van der Waals surface area contributed by atoms with Crippen LogP contribution in [0.3, 0.4) is 0 Å². The molecule has 2 aromatic rings. The van der Waals surface area contributed by atoms with Gasteiger partial charge in [-0.05, 0) is 36.8 Å². The molecule has 0 spiro atoms. The first-order valence-electron chi connectivity index (χ1n) is 8.46. The second kappa shape index (κ2) is 6.72. The normalized spacial score (nSPS) is 20.3. The Morgan fingerprint density at radius 2 is 1.89 bits per heavy atom. The average molecular weight is 402 g/mol. The smallest absolute Gasteiger partial charge is 0.325 e. The van der Waals surface area contributed by atoms with Crippen LogP contribution in [0.1, 0.15) is 12.5 Å². The topological polar surface area (TPSA) is 97.0 Å². The maximum atomic E-state index is 12.9. The van der Waals surface area contributed by atoms with Crippen LogP contribution in [0.25, 0.3) is 0 Å². The molecule has 0 unspecified atom stereocenters. The quantitative estimate of drug-likeness (QED) is 0.767. The van der Waals surface area contributed by atoms with E-state index in [0.717, 1.165) is 4.90 Å². The highest BCUT2D eigenvalue weighted by atomic mass is 35.5. The van der Waals surface area contributed by atoms with Gasteiger partial charge in [-0.3, -0.25) is 14.5 Å². The highest BCUT2D eigenvalue weighted by Gasteiger charge is 2.49. The average Bonchev–Trinajstić information content (AvgIpc) is 3.21. The maximum Gasteiger partial charge on any atom is 0.325 e. The summed E-state index contributed by atoms with van der Waals surface area (Å²) in [6.07, 6.45) is 0. The van der Waals surface area contributed by atoms with E-state index in [2.05, 4.69) is 10.6 Å². The number of carbonyl (C=O) groups is 3. The SMILES string of the molecule is C[C@@]1(c2ccc(Cl)cc2)NC(=O)N(CC(=O)Nc2ccc3c(c2)OCO3)C1=O. The molecule has 144 valence electrons. The third-order valence-corrected chi connectivity index (χ3v) is 4.91. The zero-order chi connectivity index (χ0) is 19.9. The molecule has 0 radical (unpaired) electrons. The Labute approximate surface area is 165 Å². The van der Waals surface area contributed by atoms with E-state index in [-0.39, 0.29) is 6.79 Å². The summed E-state index contributed by atoms with van der Waals surface area (Å²) in [6, 6.07) is 10.9. The number of amides is 4. The van der Waals surface area contributed by atoms with Crippen LogP contribution in [-0.2, 0) is 15.1 Å². The number of carbonyl (C=O) groups excluding carboxylic acids is 3. The molecule has 2 aliphatic heterocycles. The molecule has 2 aliphatic rings. The highest BCUT2D eigenvalue weighted by molar-refractivity contribution is 6.30. The van der Waals surface area contributed by atoms with E-state index in [1.807, 2.05) is 0 Å². The molecule has 8 nitrogen and oxygen atoms in total. The first-order chi connectivity index (χ1) is 13.4. The summed E-state index contributed by atoms with van der Waals surface area (Å²) in [7, 11) is 0. The third-order valence-electron chi connectivity index (χ3n) is 4.65. The Kier molecular flexibility index (Phi) is 4.35. The van der Waals surface area contributed by atoms with Gasteiger partial charge in [0, 0.05) is 16.8 Å². The summed E-state index contributed by atoms with van der Waals surface area (Å²) in [6.45, 7) is 1.30. The number of hydrogen-bond donors (Lipinski definition) is 2. The molecule has 4 rings (SSSR count). The van der Waals surface area contributed by atoms with Crippen LogP contribution in [0.4, 0.5) is 10.5 Å². The van der Waals surface area contributed by atoms with Gasteiger partial charge in [0.05, 0.1) is 0 Å². The second-order valence-electron chi connectivity index (χ2n) is 6.57. The summed E-state index contributed by atoms with van der Waals surface area (Å²) in [5.74, 6) is 0.0808. The number of ether oxygens (including phenoxy) is 2. The van der Waals surface area contributed by atoms with Gasteiger partial charge in [-0.1, -0.05) is 23.7 Å². The molecular formula is C19H16ClN3O5. The molecule has 0 aliphatic carbocycles. The van der Waals surface area contributed by atoms with Crippen molar-refractivity contribution in [2.24, 2.45) is 0 Å². The van der Waals surface area contributed by atoms with Crippen molar-refractivity contribution in [1.29, 1.82) is 0 Å². The lowest BCUT2D eigenvalue weighted by atomic mass is 9.92. The summed E-state index contributed by atoms with van der Waals surface area (Å²) >= 11 is 5.89. The number of nitrogens with one attached hydrogen (secondary N) is 2. The fourth-order valence-electron chi connectivity index (χ4n) is 3.14. The van der Waals surface area contributed by atoms with Gasteiger partial charge >= 0.3 is 6.03 Å². The van der Waals surface area contributed by atoms with Crippen molar-refractivity contribution in [2.75, 3.05) is 18.7 Å². The predicted octanol–water partition coefficient (Wildman–Crippen LogP) is 2.47. The number of anilines is 1. The van der Waals surface area contributed by atoms with Gasteiger partial charge in [0.25, 0.3) is 5.91 Å². The number of rotatable bonds is 4. The first kappa shape index (κ1) is 18.1. The Morgan fingerprint density at radius 3 is 2.64 bits per heavy atom. The van der Waals surface area contributed by atoms with Gasteiger partial charge in [-0.2, -0.15) is 0 Å². The van der Waals surface area contributed by atoms with Crippen LogP contribution in [-0.4, -0.2) is 36.1 Å². The lowest BCUT2D eigenvalue weighted by molar-refractivity contribution is -0.133. The van der Waals surface area contributed by atoms with Crippen LogP contribution in [0.15, 0.2) is 42.5 Å². The standard InChI is InChI=1S/C19H16ClN3O5/c1-19(11-2-4-12(20)5-3-11)17(25)23(18(26)22-19)9-16(24)21-13-6-7-14-15(8-13)28-10-27-14/h2-8H,9-10H2,1H3,(H,21,24)(H,22,26)/t19-/m0/s1. The number of imide groups is 1. The number of nitrogens with zero attached hydrogens (tertiary/aromatic N) is 1. The van der Waals surface area contributed by atoms with E-state index < -0.39 is 29.9 Å². The summed E-state index contributed by atoms with van der Waals surface area (Å²) in [4.78, 5) is 38.5. The van der Waals surface area contributed by atoms with Crippen molar-refractivity contribution in [3.63, 3.8) is 0 Å². The van der Waals surface area contributed by atoms with E-state index in [4.69, 9.17) is 21.1 Å². The number of halogens is 1. The molecule has 28 heavy (non-hydrogen) atoms. The minimum Gasteiger partial charge on any atom is -0.454 e. The zero-order valence-electron chi connectivity index (χ0n) is 14.8. The van der Waals surface area contributed by atoms with E-state index in [1.165, 1.54) is 0 Å². The van der Waals surface area contributed by atoms with Gasteiger partial charge < -0.3 is 20.1 Å². The largest absolute Gasteiger partial charge is 0.454 e. The van der Waals surface area contributed by atoms with E-state index in [9.17, 15) is 14.4 Å². The summed E-state index contributed by atoms with van der Waals surface area (Å²) in [5, 5.41) is 5.81. The van der Waals surface area contributed by atoms with E-state index in [1.54, 1.807) is 49.4 Å². The van der Waals surface area contributed by atoms with Gasteiger partial charge in [-0.25, -0.2) is 4.79 Å². The monoisotopic (exact) mass is 401 g/mol. The van der Waals surface area contributed by atoms with Crippen molar-refractivity contribution in [3.8, 4) is 11.5 Å². The molecule has 2 N–H and O–H groups in total. The van der Waals surface area contributed by atoms with Crippen molar-refractivity contribution in [2.45, 2.75) is 12.5 Å². The maximum absolute atomic E-state index is 12.9. The molecule has 1 saturated heterocycles. The molecule has 1 atom stereocenters. The minimum atomic E-state index is -1.26. The van der Waals surface area contributed by atoms with Crippen LogP contribution in [0, 0.1) is 0 Å². The number of hydrogen-bond acceptors (Lipinski definition) is 5. The van der Waals surface area contributed by atoms with Crippen LogP contribution >= 0.6 is 11.6 Å². The molecule has 0 aromatic heterocycles. The zero-order valence-corrected chi connectivity index (χ0v) is 15.6. The Morgan fingerprint density at radius 1 is 1.18 bits per heavy atom. The Balaban J connectivity index is 1.47. The van der Waals surface area contributed by atoms with Crippen molar-refractivity contribution in [3.05, 3.63) is 53.1 Å². The summed E-state index contributed by atoms with van der Waals surface area (Å²) < 4.78 is 10.5. The molecule has 4 amide bonds. The fourth-order valence-corrected chi connectivity index (χ4v) is 3.26. The predicted molar refractivity (Wildman–Crippen MR) is 100 cm³/mol. The fraction of sp³-hybridized carbons (Fsp3) is 0.211. The lowest BCUT2D eigenvalue weighted by Gasteiger charge is -2.22. The number of fused-ring (bicyclic) bond motifs is 1. The van der Waals surface area contributed by atoms with Crippen LogP contribution in [0.5, 0.6) is 11.5 Å². The molecule has 1 fully saturated rings. The molecule has 9 heteroatoms. The second-order valence-corrected chi connectivity index (χ2v) is 7.01. The van der Waals surface area contributed by atoms with Gasteiger partial charge in [-0.15, -0.1) is 0 Å². The molecule has 2 aromatic carbocycles. The first-order valence-corrected chi connectivity index (χ1v) is 8.84. The van der Waals surface area contributed by atoms with Crippen molar-refractivity contribution in [1.82, 2.24) is 10.2 Å². The lowest BCUT2D eigenvalue weighted by Crippen LogP contribution is -2.42. The minimum absolute atomic E-state index is 0.123. The Bertz CT molecular complexity index is 978. The molecular weight excluding hydrogens is 386 g/mol. The van der Waals surface area contributed by atoms with Crippen LogP contribution in [0.2, 0.25) is 5.02 Å². The molecule has 0 bridgehead atoms. The van der Waals surface area contributed by atoms with Crippen molar-refractivity contribution >= 4 is 35.1 Å². The van der Waals surface area contributed by atoms with Crippen LogP contribution < -0.4 is 20.1 Å². The molecule has 0 saturated carbocycles. The Hall–Kier alpha value is -3.26. The van der Waals surface area contributed by atoms with E-state index in [0.29, 0.717) is 27.8 Å². The number of urea groups is 1. The van der Waals surface area contributed by atoms with Crippen molar-refractivity contribution < 1.29 is 23.9 Å².